The van der Waals surface area contributed by atoms with Gasteiger partial charge in [0.05, 0.1) is 31.2 Å². The summed E-state index contributed by atoms with van der Waals surface area (Å²) < 4.78 is 12.1. The molecule has 9 heteroatoms. The van der Waals surface area contributed by atoms with Gasteiger partial charge in [0.25, 0.3) is 5.91 Å². The van der Waals surface area contributed by atoms with Crippen molar-refractivity contribution in [3.63, 3.8) is 0 Å². The van der Waals surface area contributed by atoms with Crippen LogP contribution in [0.25, 0.3) is 0 Å². The van der Waals surface area contributed by atoms with Crippen LogP contribution >= 0.6 is 0 Å². The van der Waals surface area contributed by atoms with Gasteiger partial charge in [-0.05, 0) is 47.1 Å². The van der Waals surface area contributed by atoms with E-state index in [9.17, 15) is 14.7 Å². The smallest absolute Gasteiger partial charge is 0.279 e. The van der Waals surface area contributed by atoms with Gasteiger partial charge in [-0.2, -0.15) is 0 Å². The van der Waals surface area contributed by atoms with Crippen LogP contribution in [0.3, 0.4) is 0 Å². The molecule has 40 heavy (non-hydrogen) atoms. The van der Waals surface area contributed by atoms with Crippen molar-refractivity contribution in [3.05, 3.63) is 83.4 Å². The molecule has 0 saturated carbocycles. The highest BCUT2D eigenvalue weighted by Crippen LogP contribution is 2.39. The molecule has 4 unspecified atom stereocenters. The van der Waals surface area contributed by atoms with Crippen LogP contribution in [0.15, 0.2) is 61.1 Å². The number of nitrogens with one attached hydrogen (secondary N) is 2. The molecule has 3 N–H and O–H groups in total. The number of ether oxygens (including phenoxy) is 2. The zero-order chi connectivity index (χ0) is 28.0. The Morgan fingerprint density at radius 2 is 1.93 bits per heavy atom. The van der Waals surface area contributed by atoms with Gasteiger partial charge in [0, 0.05) is 24.2 Å². The number of fused-ring (bicyclic) bond motifs is 2. The number of nitrogens with zero attached hydrogens (tertiary/aromatic N) is 2. The molecule has 0 spiro atoms. The van der Waals surface area contributed by atoms with Crippen molar-refractivity contribution in [2.75, 3.05) is 11.5 Å². The topological polar surface area (TPSA) is 117 Å². The third-order valence-corrected chi connectivity index (χ3v) is 8.35. The number of hydrogen-bond acceptors (Lipinski definition) is 6. The highest BCUT2D eigenvalue weighted by atomic mass is 16.7. The van der Waals surface area contributed by atoms with Crippen LogP contribution in [0.5, 0.6) is 0 Å². The molecule has 2 fully saturated rings. The van der Waals surface area contributed by atoms with Crippen LogP contribution in [0.2, 0.25) is 0 Å². The van der Waals surface area contributed by atoms with E-state index in [1.165, 1.54) is 17.4 Å². The summed E-state index contributed by atoms with van der Waals surface area (Å²) in [6.45, 7) is 7.00. The lowest BCUT2D eigenvalue weighted by Crippen LogP contribution is -2.57. The Labute approximate surface area is 233 Å². The van der Waals surface area contributed by atoms with E-state index >= 15 is 0 Å². The average Bonchev–Trinajstić information content (AvgIpc) is 3.72. The van der Waals surface area contributed by atoms with E-state index in [0.29, 0.717) is 25.1 Å². The first-order valence-electron chi connectivity index (χ1n) is 14.0. The van der Waals surface area contributed by atoms with Crippen molar-refractivity contribution in [2.45, 2.75) is 76.0 Å². The second kappa shape index (κ2) is 10.5. The number of anilines is 1. The van der Waals surface area contributed by atoms with Crippen LogP contribution in [0.1, 0.15) is 66.8 Å². The molecule has 6 rings (SSSR count). The Kier molecular flexibility index (Phi) is 6.98. The first-order valence-corrected chi connectivity index (χ1v) is 14.0. The lowest BCUT2D eigenvalue weighted by atomic mass is 9.87. The lowest BCUT2D eigenvalue weighted by molar-refractivity contribution is -0.138. The fourth-order valence-electron chi connectivity index (χ4n) is 6.18. The van der Waals surface area contributed by atoms with Gasteiger partial charge in [0.2, 0.25) is 5.91 Å². The summed E-state index contributed by atoms with van der Waals surface area (Å²) in [7, 11) is 0. The van der Waals surface area contributed by atoms with Crippen molar-refractivity contribution in [1.29, 1.82) is 0 Å². The number of hydrogen-bond donors (Lipinski definition) is 3. The van der Waals surface area contributed by atoms with Gasteiger partial charge in [0.1, 0.15) is 11.7 Å². The van der Waals surface area contributed by atoms with Crippen LogP contribution in [-0.2, 0) is 26.1 Å². The number of aromatic amines is 1. The zero-order valence-corrected chi connectivity index (χ0v) is 23.0. The lowest BCUT2D eigenvalue weighted by Gasteiger charge is -2.35. The van der Waals surface area contributed by atoms with Gasteiger partial charge in [0.15, 0.2) is 6.29 Å². The second-order valence-electron chi connectivity index (χ2n) is 12.0. The Morgan fingerprint density at radius 1 is 1.15 bits per heavy atom. The van der Waals surface area contributed by atoms with E-state index in [4.69, 9.17) is 9.47 Å². The van der Waals surface area contributed by atoms with Crippen molar-refractivity contribution in [1.82, 2.24) is 15.3 Å². The van der Waals surface area contributed by atoms with Gasteiger partial charge in [-0.3, -0.25) is 14.5 Å². The van der Waals surface area contributed by atoms with Crippen molar-refractivity contribution < 1.29 is 24.2 Å². The largest absolute Gasteiger partial charge is 0.390 e. The molecule has 3 aliphatic rings. The fraction of sp³-hybridized carbons (Fsp3) is 0.452. The molecule has 6 atom stereocenters. The maximum Gasteiger partial charge on any atom is 0.279 e. The summed E-state index contributed by atoms with van der Waals surface area (Å²) in [5.74, 6) is -0.655. The molecule has 2 saturated heterocycles. The zero-order valence-electron chi connectivity index (χ0n) is 23.0. The first kappa shape index (κ1) is 26.7. The third kappa shape index (κ3) is 4.93. The normalized spacial score (nSPS) is 26.2. The molecule has 0 radical (unpaired) electrons. The molecule has 0 bridgehead atoms. The minimum Gasteiger partial charge on any atom is -0.390 e. The van der Waals surface area contributed by atoms with Gasteiger partial charge in [-0.15, -0.1) is 0 Å². The van der Waals surface area contributed by atoms with E-state index in [0.717, 1.165) is 23.1 Å². The minimum atomic E-state index is -1.01. The Balaban J connectivity index is 1.40. The number of imidazole rings is 1. The first-order chi connectivity index (χ1) is 19.2. The predicted octanol–water partition coefficient (Wildman–Crippen LogP) is 3.65. The molecule has 9 nitrogen and oxygen atoms in total. The molecule has 1 aromatic heterocycles. The SMILES string of the molecule is CC(C)(C)c1ccc(N(C(=O)c2c[nH]cn2)C(C(=O)N[C@@H]2c3ccccc3C[C@@H]2O)C2CC3CCOC3O2)cc1. The third-order valence-electron chi connectivity index (χ3n) is 8.35. The van der Waals surface area contributed by atoms with Crippen LogP contribution < -0.4 is 10.2 Å². The van der Waals surface area contributed by atoms with Gasteiger partial charge >= 0.3 is 0 Å². The molecule has 2 amide bonds. The van der Waals surface area contributed by atoms with Crippen LogP contribution in [0.4, 0.5) is 5.69 Å². The van der Waals surface area contributed by atoms with Crippen molar-refractivity contribution in [3.8, 4) is 0 Å². The van der Waals surface area contributed by atoms with Crippen molar-refractivity contribution >= 4 is 17.5 Å². The summed E-state index contributed by atoms with van der Waals surface area (Å²) in [6, 6.07) is 13.8. The van der Waals surface area contributed by atoms with E-state index in [2.05, 4.69) is 36.1 Å². The Hall–Kier alpha value is -3.53. The maximum absolute atomic E-state index is 14.3. The number of amides is 2. The highest BCUT2D eigenvalue weighted by molar-refractivity contribution is 6.09. The van der Waals surface area contributed by atoms with Gasteiger partial charge < -0.3 is 24.9 Å². The number of H-pyrrole nitrogens is 1. The van der Waals surface area contributed by atoms with E-state index < -0.39 is 42.4 Å². The number of aliphatic hydroxyl groups excluding tert-OH is 1. The standard InChI is InChI=1S/C31H36N4O5/c1-31(2,3)20-8-10-21(11-9-20)35(29(38)23-16-32-17-33-23)27(25-15-19-12-13-39-30(19)40-25)28(37)34-26-22-7-5-4-6-18(22)14-24(26)36/h4-11,16-17,19,24-27,30,36H,12-15H2,1-3H3,(H,32,33)(H,34,37)/t19?,24-,25?,26+,27?,30?/m0/s1. The summed E-state index contributed by atoms with van der Waals surface area (Å²) in [4.78, 5) is 36.9. The molecule has 1 aliphatic carbocycles. The second-order valence-corrected chi connectivity index (χ2v) is 12.0. The van der Waals surface area contributed by atoms with E-state index in [-0.39, 0.29) is 17.0 Å². The van der Waals surface area contributed by atoms with E-state index in [1.807, 2.05) is 48.5 Å². The summed E-state index contributed by atoms with van der Waals surface area (Å²) >= 11 is 0. The number of aromatic nitrogens is 2. The minimum absolute atomic E-state index is 0.0817. The highest BCUT2D eigenvalue weighted by Gasteiger charge is 2.49. The molecular formula is C31H36N4O5. The maximum atomic E-state index is 14.3. The Morgan fingerprint density at radius 3 is 2.62 bits per heavy atom. The number of rotatable bonds is 6. The quantitative estimate of drug-likeness (QED) is 0.436. The molecule has 2 aromatic carbocycles. The Bertz CT molecular complexity index is 1360. The molecule has 3 aromatic rings. The number of benzene rings is 2. The molecule has 3 heterocycles. The molecule has 210 valence electrons. The van der Waals surface area contributed by atoms with Gasteiger partial charge in [-0.1, -0.05) is 57.2 Å². The molecular weight excluding hydrogens is 508 g/mol. The number of aliphatic hydroxyl groups is 1. The van der Waals surface area contributed by atoms with Crippen LogP contribution in [0, 0.1) is 5.92 Å². The van der Waals surface area contributed by atoms with Crippen LogP contribution in [-0.4, -0.2) is 58.0 Å². The fourth-order valence-corrected chi connectivity index (χ4v) is 6.18. The average molecular weight is 545 g/mol. The molecule has 2 aliphatic heterocycles. The monoisotopic (exact) mass is 544 g/mol. The number of carbonyl (C=O) groups excluding carboxylic acids is 2. The summed E-state index contributed by atoms with van der Waals surface area (Å²) in [5.41, 5.74) is 3.67. The van der Waals surface area contributed by atoms with E-state index in [1.54, 1.807) is 0 Å². The predicted molar refractivity (Wildman–Crippen MR) is 149 cm³/mol. The summed E-state index contributed by atoms with van der Waals surface area (Å²) in [5, 5.41) is 14.0. The van der Waals surface area contributed by atoms with Gasteiger partial charge in [-0.25, -0.2) is 4.98 Å². The number of carbonyl (C=O) groups is 2. The summed E-state index contributed by atoms with van der Waals surface area (Å²) in [6.07, 6.45) is 3.08. The van der Waals surface area contributed by atoms with Crippen molar-refractivity contribution in [2.24, 2.45) is 5.92 Å².